The van der Waals surface area contributed by atoms with E-state index in [1.54, 1.807) is 0 Å². The number of amides is 1. The van der Waals surface area contributed by atoms with Gasteiger partial charge in [-0.1, -0.05) is 51.8 Å². The molecule has 0 aromatic heterocycles. The van der Waals surface area contributed by atoms with Crippen LogP contribution in [-0.2, 0) is 12.0 Å². The van der Waals surface area contributed by atoms with Crippen LogP contribution in [0.25, 0.3) is 0 Å². The quantitative estimate of drug-likeness (QED) is 0.441. The number of likely N-dealkylation sites (tertiary alicyclic amines) is 1. The fraction of sp³-hybridized carbons (Fsp3) is 0.296. The first kappa shape index (κ1) is 21.4. The highest BCUT2D eigenvalue weighted by atomic mass is 79.9. The highest BCUT2D eigenvalue weighted by molar-refractivity contribution is 9.10. The zero-order valence-corrected chi connectivity index (χ0v) is 19.7. The average molecular weight is 493 g/mol. The summed E-state index contributed by atoms with van der Waals surface area (Å²) in [5.41, 5.74) is 5.42. The van der Waals surface area contributed by atoms with Crippen LogP contribution in [0.3, 0.4) is 0 Å². The third-order valence-electron chi connectivity index (χ3n) is 6.92. The van der Waals surface area contributed by atoms with E-state index in [2.05, 4.69) is 46.0 Å². The Morgan fingerprint density at radius 3 is 2.50 bits per heavy atom. The molecule has 0 saturated carbocycles. The third-order valence-corrected chi connectivity index (χ3v) is 7.42. The van der Waals surface area contributed by atoms with Crippen LogP contribution in [0.5, 0.6) is 0 Å². The second-order valence-corrected chi connectivity index (χ2v) is 10.0. The van der Waals surface area contributed by atoms with Crippen molar-refractivity contribution in [1.82, 2.24) is 4.90 Å². The molecule has 32 heavy (non-hydrogen) atoms. The van der Waals surface area contributed by atoms with Gasteiger partial charge in [-0.15, -0.1) is 0 Å². The van der Waals surface area contributed by atoms with Gasteiger partial charge >= 0.3 is 0 Å². The molecule has 5 heteroatoms. The number of hydrogen-bond donors (Lipinski definition) is 0. The zero-order chi connectivity index (χ0) is 22.3. The van der Waals surface area contributed by atoms with Crippen molar-refractivity contribution < 1.29 is 9.18 Å². The SMILES string of the molecule is Cc1ccc2c(c1)C1(CCN(Cc3ccc(F)cc3)CC1)CN2C(=O)c1cccc(Br)c1. The van der Waals surface area contributed by atoms with Gasteiger partial charge < -0.3 is 4.90 Å². The Balaban J connectivity index is 1.38. The van der Waals surface area contributed by atoms with Gasteiger partial charge in [-0.25, -0.2) is 4.39 Å². The van der Waals surface area contributed by atoms with Gasteiger partial charge in [0, 0.05) is 34.2 Å². The van der Waals surface area contributed by atoms with Crippen molar-refractivity contribution in [3.05, 3.63) is 99.3 Å². The first-order valence-electron chi connectivity index (χ1n) is 11.1. The topological polar surface area (TPSA) is 23.6 Å². The number of halogens is 2. The Morgan fingerprint density at radius 1 is 1.03 bits per heavy atom. The van der Waals surface area contributed by atoms with E-state index in [9.17, 15) is 9.18 Å². The number of piperidine rings is 1. The predicted octanol–water partition coefficient (Wildman–Crippen LogP) is 6.09. The number of fused-ring (bicyclic) bond motifs is 2. The Morgan fingerprint density at radius 2 is 1.78 bits per heavy atom. The molecule has 1 fully saturated rings. The number of carbonyl (C=O) groups excluding carboxylic acids is 1. The molecule has 3 nitrogen and oxygen atoms in total. The number of anilines is 1. The Labute approximate surface area is 197 Å². The van der Waals surface area contributed by atoms with Gasteiger partial charge in [-0.2, -0.15) is 0 Å². The smallest absolute Gasteiger partial charge is 0.258 e. The van der Waals surface area contributed by atoms with Crippen molar-refractivity contribution in [3.63, 3.8) is 0 Å². The Hall–Kier alpha value is -2.50. The van der Waals surface area contributed by atoms with Crippen LogP contribution >= 0.6 is 15.9 Å². The predicted molar refractivity (Wildman–Crippen MR) is 130 cm³/mol. The van der Waals surface area contributed by atoms with E-state index in [1.807, 2.05) is 41.3 Å². The van der Waals surface area contributed by atoms with Crippen LogP contribution in [0.15, 0.2) is 71.2 Å². The van der Waals surface area contributed by atoms with Crippen LogP contribution < -0.4 is 4.90 Å². The van der Waals surface area contributed by atoms with Crippen LogP contribution in [0, 0.1) is 12.7 Å². The molecule has 0 bridgehead atoms. The second kappa shape index (κ2) is 8.45. The van der Waals surface area contributed by atoms with Gasteiger partial charge in [0.2, 0.25) is 0 Å². The molecule has 0 N–H and O–H groups in total. The molecule has 1 spiro atoms. The van der Waals surface area contributed by atoms with E-state index >= 15 is 0 Å². The van der Waals surface area contributed by atoms with Gasteiger partial charge in [0.15, 0.2) is 0 Å². The molecule has 5 rings (SSSR count). The lowest BCUT2D eigenvalue weighted by Crippen LogP contribution is -2.45. The summed E-state index contributed by atoms with van der Waals surface area (Å²) >= 11 is 3.49. The number of carbonyl (C=O) groups is 1. The van der Waals surface area contributed by atoms with Crippen LogP contribution in [0.1, 0.15) is 39.9 Å². The summed E-state index contributed by atoms with van der Waals surface area (Å²) in [4.78, 5) is 17.9. The molecular formula is C27H26BrFN2O. The molecule has 2 heterocycles. The van der Waals surface area contributed by atoms with Crippen LogP contribution in [-0.4, -0.2) is 30.4 Å². The first-order chi connectivity index (χ1) is 15.4. The summed E-state index contributed by atoms with van der Waals surface area (Å²) in [6.45, 7) is 5.60. The van der Waals surface area contributed by atoms with Crippen LogP contribution in [0.4, 0.5) is 10.1 Å². The summed E-state index contributed by atoms with van der Waals surface area (Å²) in [6, 6.07) is 20.9. The highest BCUT2D eigenvalue weighted by Crippen LogP contribution is 2.48. The molecule has 3 aromatic rings. The maximum Gasteiger partial charge on any atom is 0.258 e. The van der Waals surface area contributed by atoms with E-state index < -0.39 is 0 Å². The second-order valence-electron chi connectivity index (χ2n) is 9.11. The molecule has 0 unspecified atom stereocenters. The van der Waals surface area contributed by atoms with E-state index in [-0.39, 0.29) is 17.1 Å². The van der Waals surface area contributed by atoms with E-state index in [4.69, 9.17) is 0 Å². The standard InChI is InChI=1S/C27H26BrFN2O/c1-19-5-10-25-24(15-19)27(18-31(25)26(32)21-3-2-4-22(28)16-21)11-13-30(14-12-27)17-20-6-8-23(29)9-7-20/h2-10,15-16H,11-14,17-18H2,1H3. The fourth-order valence-corrected chi connectivity index (χ4v) is 5.56. The van der Waals surface area contributed by atoms with Crippen LogP contribution in [0.2, 0.25) is 0 Å². The van der Waals surface area contributed by atoms with Gasteiger partial charge in [-0.05, 0) is 80.4 Å². The molecule has 0 atom stereocenters. The molecule has 0 radical (unpaired) electrons. The Kier molecular flexibility index (Phi) is 5.64. The molecule has 0 aliphatic carbocycles. The van der Waals surface area contributed by atoms with E-state index in [1.165, 1.54) is 23.3 Å². The minimum Gasteiger partial charge on any atom is -0.307 e. The third kappa shape index (κ3) is 4.00. The number of rotatable bonds is 3. The lowest BCUT2D eigenvalue weighted by atomic mass is 9.74. The van der Waals surface area contributed by atoms with Gasteiger partial charge in [0.1, 0.15) is 5.82 Å². The van der Waals surface area contributed by atoms with E-state index in [0.717, 1.165) is 54.7 Å². The Bertz CT molecular complexity index is 1150. The normalized spacial score (nSPS) is 17.5. The van der Waals surface area contributed by atoms with Crippen molar-refractivity contribution in [3.8, 4) is 0 Å². The molecular weight excluding hydrogens is 467 g/mol. The zero-order valence-electron chi connectivity index (χ0n) is 18.2. The summed E-state index contributed by atoms with van der Waals surface area (Å²) in [7, 11) is 0. The monoisotopic (exact) mass is 492 g/mol. The summed E-state index contributed by atoms with van der Waals surface area (Å²) in [5.74, 6) is -0.137. The highest BCUT2D eigenvalue weighted by Gasteiger charge is 2.46. The molecule has 2 aliphatic rings. The number of hydrogen-bond acceptors (Lipinski definition) is 2. The lowest BCUT2D eigenvalue weighted by molar-refractivity contribution is 0.0975. The van der Waals surface area contributed by atoms with Gasteiger partial charge in [-0.3, -0.25) is 9.69 Å². The molecule has 2 aliphatic heterocycles. The van der Waals surface area contributed by atoms with Crippen molar-refractivity contribution in [2.45, 2.75) is 31.7 Å². The van der Waals surface area contributed by atoms with Crippen molar-refractivity contribution >= 4 is 27.5 Å². The average Bonchev–Trinajstić information content (AvgIpc) is 3.10. The maximum atomic E-state index is 13.5. The summed E-state index contributed by atoms with van der Waals surface area (Å²) < 4.78 is 14.1. The summed E-state index contributed by atoms with van der Waals surface area (Å²) in [5, 5.41) is 0. The number of aryl methyl sites for hydroxylation is 1. The number of benzene rings is 3. The molecule has 1 amide bonds. The summed E-state index contributed by atoms with van der Waals surface area (Å²) in [6.07, 6.45) is 2.01. The largest absolute Gasteiger partial charge is 0.307 e. The first-order valence-corrected chi connectivity index (χ1v) is 11.9. The van der Waals surface area contributed by atoms with Gasteiger partial charge in [0.05, 0.1) is 0 Å². The lowest BCUT2D eigenvalue weighted by Gasteiger charge is -2.40. The minimum absolute atomic E-state index is 0.0116. The fourth-order valence-electron chi connectivity index (χ4n) is 5.16. The maximum absolute atomic E-state index is 13.5. The molecule has 164 valence electrons. The molecule has 1 saturated heterocycles. The number of nitrogens with zero attached hydrogens (tertiary/aromatic N) is 2. The van der Waals surface area contributed by atoms with Gasteiger partial charge in [0.25, 0.3) is 5.91 Å². The van der Waals surface area contributed by atoms with E-state index in [0.29, 0.717) is 5.56 Å². The van der Waals surface area contributed by atoms with Crippen molar-refractivity contribution in [2.75, 3.05) is 24.5 Å². The molecule has 3 aromatic carbocycles. The van der Waals surface area contributed by atoms with Crippen molar-refractivity contribution in [1.29, 1.82) is 0 Å². The van der Waals surface area contributed by atoms with Crippen molar-refractivity contribution in [2.24, 2.45) is 0 Å². The minimum atomic E-state index is -0.195.